The first kappa shape index (κ1) is 8.38. The van der Waals surface area contributed by atoms with E-state index in [1.165, 1.54) is 0 Å². The van der Waals surface area contributed by atoms with Crippen molar-refractivity contribution in [1.82, 2.24) is 0 Å². The molecule has 1 aromatic rings. The van der Waals surface area contributed by atoms with Gasteiger partial charge in [-0.15, -0.1) is 0 Å². The van der Waals surface area contributed by atoms with Gasteiger partial charge in [-0.2, -0.15) is 0 Å². The Kier molecular flexibility index (Phi) is 1.88. The van der Waals surface area contributed by atoms with E-state index in [1.54, 1.807) is 25.1 Å². The first-order valence-corrected chi connectivity index (χ1v) is 4.31. The van der Waals surface area contributed by atoms with Crippen molar-refractivity contribution in [3.63, 3.8) is 0 Å². The fourth-order valence-corrected chi connectivity index (χ4v) is 1.35. The summed E-state index contributed by atoms with van der Waals surface area (Å²) >= 11 is 5.75. The molecule has 0 fully saturated rings. The van der Waals surface area contributed by atoms with E-state index >= 15 is 0 Å². The van der Waals surface area contributed by atoms with Gasteiger partial charge in [-0.25, -0.2) is 0 Å². The Morgan fingerprint density at radius 3 is 3.08 bits per heavy atom. The highest BCUT2D eigenvalue weighted by molar-refractivity contribution is 6.31. The van der Waals surface area contributed by atoms with Crippen molar-refractivity contribution >= 4 is 23.2 Å². The van der Waals surface area contributed by atoms with Crippen LogP contribution < -0.4 is 10.1 Å². The summed E-state index contributed by atoms with van der Waals surface area (Å²) in [6, 6.07) is 5.14. The first-order valence-electron chi connectivity index (χ1n) is 3.94. The quantitative estimate of drug-likeness (QED) is 0.692. The van der Waals surface area contributed by atoms with Crippen LogP contribution in [0.4, 0.5) is 5.69 Å². The monoisotopic (exact) mass is 197 g/mol. The van der Waals surface area contributed by atoms with Gasteiger partial charge in [0, 0.05) is 5.02 Å². The van der Waals surface area contributed by atoms with E-state index in [4.69, 9.17) is 16.3 Å². The minimum absolute atomic E-state index is 0.144. The highest BCUT2D eigenvalue weighted by atomic mass is 35.5. The highest BCUT2D eigenvalue weighted by Gasteiger charge is 2.23. The van der Waals surface area contributed by atoms with Crippen molar-refractivity contribution in [2.45, 2.75) is 13.0 Å². The van der Waals surface area contributed by atoms with Gasteiger partial charge in [0.05, 0.1) is 5.69 Å². The fourth-order valence-electron chi connectivity index (χ4n) is 1.18. The smallest absolute Gasteiger partial charge is 0.265 e. The third-order valence-electron chi connectivity index (χ3n) is 1.87. The molecule has 0 unspecified atom stereocenters. The molecule has 1 aliphatic heterocycles. The van der Waals surface area contributed by atoms with Gasteiger partial charge in [-0.3, -0.25) is 4.79 Å². The maximum absolute atomic E-state index is 11.2. The molecule has 0 aromatic heterocycles. The molecule has 4 heteroatoms. The zero-order chi connectivity index (χ0) is 9.42. The van der Waals surface area contributed by atoms with Gasteiger partial charge < -0.3 is 10.1 Å². The molecule has 1 N–H and O–H groups in total. The Labute approximate surface area is 80.6 Å². The summed E-state index contributed by atoms with van der Waals surface area (Å²) in [7, 11) is 0. The van der Waals surface area contributed by atoms with E-state index < -0.39 is 6.10 Å². The molecule has 1 atom stereocenters. The van der Waals surface area contributed by atoms with Crippen molar-refractivity contribution in [3.8, 4) is 5.75 Å². The van der Waals surface area contributed by atoms with Crippen molar-refractivity contribution in [2.24, 2.45) is 0 Å². The molecule has 13 heavy (non-hydrogen) atoms. The number of anilines is 1. The maximum atomic E-state index is 11.2. The van der Waals surface area contributed by atoms with Crippen LogP contribution in [0.1, 0.15) is 6.92 Å². The lowest BCUT2D eigenvalue weighted by Crippen LogP contribution is -2.34. The molecule has 1 heterocycles. The lowest BCUT2D eigenvalue weighted by Gasteiger charge is -2.23. The van der Waals surface area contributed by atoms with Crippen molar-refractivity contribution in [2.75, 3.05) is 5.32 Å². The number of fused-ring (bicyclic) bond motifs is 1. The molecule has 1 amide bonds. The number of hydrogen-bond acceptors (Lipinski definition) is 2. The largest absolute Gasteiger partial charge is 0.479 e. The van der Waals surface area contributed by atoms with Gasteiger partial charge in [0.2, 0.25) is 0 Å². The molecule has 1 aromatic carbocycles. The highest BCUT2D eigenvalue weighted by Crippen LogP contribution is 2.31. The summed E-state index contributed by atoms with van der Waals surface area (Å²) in [5, 5.41) is 3.28. The van der Waals surface area contributed by atoms with Gasteiger partial charge in [-0.1, -0.05) is 11.6 Å². The normalized spacial score (nSPS) is 20.2. The topological polar surface area (TPSA) is 38.3 Å². The molecule has 0 aliphatic carbocycles. The number of carbonyl (C=O) groups is 1. The van der Waals surface area contributed by atoms with Crippen LogP contribution >= 0.6 is 11.6 Å². The van der Waals surface area contributed by atoms with Crippen molar-refractivity contribution in [1.29, 1.82) is 0 Å². The Morgan fingerprint density at radius 2 is 2.31 bits per heavy atom. The Bertz CT molecular complexity index is 365. The van der Waals surface area contributed by atoms with E-state index in [0.29, 0.717) is 16.5 Å². The van der Waals surface area contributed by atoms with E-state index in [-0.39, 0.29) is 5.91 Å². The molecular weight excluding hydrogens is 190 g/mol. The van der Waals surface area contributed by atoms with Gasteiger partial charge >= 0.3 is 0 Å². The number of hydrogen-bond donors (Lipinski definition) is 1. The number of halogens is 1. The second kappa shape index (κ2) is 2.92. The van der Waals surface area contributed by atoms with Crippen LogP contribution in [-0.2, 0) is 4.79 Å². The van der Waals surface area contributed by atoms with Crippen LogP contribution in [0, 0.1) is 0 Å². The van der Waals surface area contributed by atoms with E-state index in [1.807, 2.05) is 0 Å². The van der Waals surface area contributed by atoms with Gasteiger partial charge in [0.1, 0.15) is 5.75 Å². The molecular formula is C9H8ClNO2. The summed E-state index contributed by atoms with van der Waals surface area (Å²) in [5.41, 5.74) is 0.635. The third-order valence-corrected chi connectivity index (χ3v) is 2.11. The molecule has 0 saturated carbocycles. The SMILES string of the molecule is C[C@@H]1Oc2ccc(Cl)cc2NC1=O. The number of rotatable bonds is 0. The van der Waals surface area contributed by atoms with Gasteiger partial charge in [0.15, 0.2) is 6.10 Å². The predicted molar refractivity (Wildman–Crippen MR) is 50.2 cm³/mol. The lowest BCUT2D eigenvalue weighted by atomic mass is 10.2. The number of nitrogens with one attached hydrogen (secondary N) is 1. The van der Waals surface area contributed by atoms with Crippen LogP contribution in [0.2, 0.25) is 5.02 Å². The second-order valence-electron chi connectivity index (χ2n) is 2.89. The molecule has 1 aliphatic rings. The Hall–Kier alpha value is -1.22. The summed E-state index contributed by atoms with van der Waals surface area (Å²) in [6.07, 6.45) is -0.436. The Morgan fingerprint density at radius 1 is 1.54 bits per heavy atom. The number of carbonyl (C=O) groups excluding carboxylic acids is 1. The van der Waals surface area contributed by atoms with Crippen LogP contribution in [0.15, 0.2) is 18.2 Å². The van der Waals surface area contributed by atoms with Crippen LogP contribution in [0.25, 0.3) is 0 Å². The number of ether oxygens (including phenoxy) is 1. The zero-order valence-electron chi connectivity index (χ0n) is 7.00. The molecule has 0 spiro atoms. The lowest BCUT2D eigenvalue weighted by molar-refractivity contribution is -0.122. The maximum Gasteiger partial charge on any atom is 0.265 e. The summed E-state index contributed by atoms with van der Waals surface area (Å²) in [6.45, 7) is 1.70. The molecule has 0 bridgehead atoms. The summed E-state index contributed by atoms with van der Waals surface area (Å²) in [5.74, 6) is 0.520. The summed E-state index contributed by atoms with van der Waals surface area (Å²) < 4.78 is 5.33. The zero-order valence-corrected chi connectivity index (χ0v) is 7.76. The average molecular weight is 198 g/mol. The summed E-state index contributed by atoms with van der Waals surface area (Å²) in [4.78, 5) is 11.2. The third kappa shape index (κ3) is 1.47. The first-order chi connectivity index (χ1) is 6.16. The molecule has 2 rings (SSSR count). The van der Waals surface area contributed by atoms with E-state index in [0.717, 1.165) is 0 Å². The standard InChI is InChI=1S/C9H8ClNO2/c1-5-9(12)11-7-4-6(10)2-3-8(7)13-5/h2-5H,1H3,(H,11,12)/t5-/m0/s1. The predicted octanol–water partition coefficient (Wildman–Crippen LogP) is 2.06. The second-order valence-corrected chi connectivity index (χ2v) is 3.33. The van der Waals surface area contributed by atoms with Crippen LogP contribution in [0.5, 0.6) is 5.75 Å². The molecule has 68 valence electrons. The molecule has 0 saturated heterocycles. The number of amides is 1. The van der Waals surface area contributed by atoms with Crippen molar-refractivity contribution < 1.29 is 9.53 Å². The van der Waals surface area contributed by atoms with E-state index in [9.17, 15) is 4.79 Å². The molecule has 0 radical (unpaired) electrons. The van der Waals surface area contributed by atoms with Gasteiger partial charge in [0.25, 0.3) is 5.91 Å². The average Bonchev–Trinajstić information content (AvgIpc) is 2.08. The fraction of sp³-hybridized carbons (Fsp3) is 0.222. The van der Waals surface area contributed by atoms with Crippen LogP contribution in [0.3, 0.4) is 0 Å². The van der Waals surface area contributed by atoms with Crippen LogP contribution in [-0.4, -0.2) is 12.0 Å². The van der Waals surface area contributed by atoms with Gasteiger partial charge in [-0.05, 0) is 25.1 Å². The number of benzene rings is 1. The Balaban J connectivity index is 2.42. The molecule has 3 nitrogen and oxygen atoms in total. The van der Waals surface area contributed by atoms with E-state index in [2.05, 4.69) is 5.32 Å². The van der Waals surface area contributed by atoms with Crippen molar-refractivity contribution in [3.05, 3.63) is 23.2 Å². The minimum Gasteiger partial charge on any atom is -0.479 e. The minimum atomic E-state index is -0.436.